The van der Waals surface area contributed by atoms with Gasteiger partial charge in [-0.2, -0.15) is 0 Å². The predicted octanol–water partition coefficient (Wildman–Crippen LogP) is 2.99. The van der Waals surface area contributed by atoms with Crippen LogP contribution in [0, 0.1) is 19.8 Å². The molecule has 0 bridgehead atoms. The molecule has 1 fully saturated rings. The fourth-order valence-electron chi connectivity index (χ4n) is 4.12. The molecule has 32 heavy (non-hydrogen) atoms. The molecule has 1 aromatic carbocycles. The molecule has 1 aliphatic heterocycles. The van der Waals surface area contributed by atoms with Gasteiger partial charge in [-0.1, -0.05) is 12.1 Å². The van der Waals surface area contributed by atoms with E-state index in [1.807, 2.05) is 24.3 Å². The summed E-state index contributed by atoms with van der Waals surface area (Å²) < 4.78 is 10.3. The van der Waals surface area contributed by atoms with Gasteiger partial charge >= 0.3 is 5.97 Å². The van der Waals surface area contributed by atoms with Crippen molar-refractivity contribution >= 4 is 17.8 Å². The number of amides is 2. The van der Waals surface area contributed by atoms with Gasteiger partial charge in [0, 0.05) is 25.3 Å². The van der Waals surface area contributed by atoms with Gasteiger partial charge in [-0.15, -0.1) is 0 Å². The van der Waals surface area contributed by atoms with Crippen molar-refractivity contribution in [3.05, 3.63) is 52.3 Å². The summed E-state index contributed by atoms with van der Waals surface area (Å²) in [5.41, 5.74) is 2.91. The zero-order valence-corrected chi connectivity index (χ0v) is 19.1. The van der Waals surface area contributed by atoms with Crippen LogP contribution in [0.1, 0.15) is 57.4 Å². The Labute approximate surface area is 188 Å². The summed E-state index contributed by atoms with van der Waals surface area (Å²) >= 11 is 0. The van der Waals surface area contributed by atoms with Gasteiger partial charge in [-0.3, -0.25) is 9.59 Å². The van der Waals surface area contributed by atoms with Gasteiger partial charge in [0.1, 0.15) is 11.4 Å². The van der Waals surface area contributed by atoms with E-state index < -0.39 is 5.97 Å². The van der Waals surface area contributed by atoms with Crippen LogP contribution in [0.4, 0.5) is 0 Å². The highest BCUT2D eigenvalue weighted by molar-refractivity contribution is 6.00. The second-order valence-electron chi connectivity index (χ2n) is 8.01. The van der Waals surface area contributed by atoms with Crippen molar-refractivity contribution in [3.63, 3.8) is 0 Å². The van der Waals surface area contributed by atoms with E-state index >= 15 is 0 Å². The second-order valence-corrected chi connectivity index (χ2v) is 8.01. The monoisotopic (exact) mass is 441 g/mol. The zero-order valence-electron chi connectivity index (χ0n) is 19.1. The smallest absolute Gasteiger partial charge is 0.340 e. The third kappa shape index (κ3) is 5.12. The Balaban J connectivity index is 1.65. The van der Waals surface area contributed by atoms with Crippen LogP contribution in [-0.4, -0.2) is 54.5 Å². The van der Waals surface area contributed by atoms with Crippen molar-refractivity contribution in [1.82, 2.24) is 15.2 Å². The summed E-state index contributed by atoms with van der Waals surface area (Å²) in [5, 5.41) is 2.97. The number of carbonyl (C=O) groups excluding carboxylic acids is 3. The minimum atomic E-state index is -0.439. The van der Waals surface area contributed by atoms with E-state index in [2.05, 4.69) is 10.3 Å². The molecule has 1 atom stereocenters. The molecule has 2 amide bonds. The van der Waals surface area contributed by atoms with Crippen molar-refractivity contribution in [2.45, 2.75) is 40.2 Å². The number of nitrogens with one attached hydrogen (secondary N) is 2. The number of benzene rings is 1. The van der Waals surface area contributed by atoms with Crippen LogP contribution in [0.15, 0.2) is 24.3 Å². The summed E-state index contributed by atoms with van der Waals surface area (Å²) in [6, 6.07) is 7.55. The van der Waals surface area contributed by atoms with Gasteiger partial charge in [0.2, 0.25) is 5.91 Å². The normalized spacial score (nSPS) is 15.9. The maximum atomic E-state index is 13.2. The van der Waals surface area contributed by atoms with Crippen LogP contribution in [0.3, 0.4) is 0 Å². The Morgan fingerprint density at radius 1 is 1.25 bits per heavy atom. The van der Waals surface area contributed by atoms with Gasteiger partial charge in [-0.05, 0) is 56.9 Å². The number of hydrogen-bond donors (Lipinski definition) is 2. The molecule has 0 unspecified atom stereocenters. The van der Waals surface area contributed by atoms with E-state index in [1.165, 1.54) is 0 Å². The number of likely N-dealkylation sites (tertiary alicyclic amines) is 1. The molecule has 172 valence electrons. The Kier molecular flexibility index (Phi) is 7.56. The molecule has 8 nitrogen and oxygen atoms in total. The van der Waals surface area contributed by atoms with Crippen molar-refractivity contribution in [3.8, 4) is 5.75 Å². The van der Waals surface area contributed by atoms with Crippen molar-refractivity contribution < 1.29 is 23.9 Å². The highest BCUT2D eigenvalue weighted by Gasteiger charge is 2.31. The van der Waals surface area contributed by atoms with E-state index in [-0.39, 0.29) is 24.3 Å². The molecule has 1 saturated heterocycles. The van der Waals surface area contributed by atoms with Crippen molar-refractivity contribution in [2.75, 3.05) is 26.8 Å². The first-order valence-electron chi connectivity index (χ1n) is 10.9. The third-order valence-electron chi connectivity index (χ3n) is 5.81. The summed E-state index contributed by atoms with van der Waals surface area (Å²) in [5.74, 6) is -0.251. The number of H-pyrrole nitrogens is 1. The van der Waals surface area contributed by atoms with E-state index in [0.29, 0.717) is 42.1 Å². The number of carbonyl (C=O) groups is 3. The number of esters is 1. The molecule has 0 saturated carbocycles. The first kappa shape index (κ1) is 23.4. The molecule has 0 aliphatic carbocycles. The Bertz CT molecular complexity index is 998. The van der Waals surface area contributed by atoms with Crippen LogP contribution < -0.4 is 10.1 Å². The summed E-state index contributed by atoms with van der Waals surface area (Å²) in [4.78, 5) is 42.9. The number of aryl methyl sites for hydroxylation is 1. The van der Waals surface area contributed by atoms with E-state index in [4.69, 9.17) is 9.47 Å². The molecule has 0 radical (unpaired) electrons. The fraction of sp³-hybridized carbons (Fsp3) is 0.458. The molecule has 1 aliphatic rings. The Morgan fingerprint density at radius 2 is 2.03 bits per heavy atom. The van der Waals surface area contributed by atoms with E-state index in [9.17, 15) is 14.4 Å². The number of rotatable bonds is 7. The summed E-state index contributed by atoms with van der Waals surface area (Å²) in [7, 11) is 1.61. The maximum absolute atomic E-state index is 13.2. The Hall–Kier alpha value is -3.29. The first-order chi connectivity index (χ1) is 15.3. The second kappa shape index (κ2) is 10.3. The summed E-state index contributed by atoms with van der Waals surface area (Å²) in [6.07, 6.45) is 1.47. The number of aromatic amines is 1. The van der Waals surface area contributed by atoms with Crippen LogP contribution in [0.25, 0.3) is 0 Å². The largest absolute Gasteiger partial charge is 0.497 e. The molecule has 2 heterocycles. The van der Waals surface area contributed by atoms with Crippen LogP contribution in [-0.2, 0) is 16.1 Å². The van der Waals surface area contributed by atoms with Gasteiger partial charge < -0.3 is 24.7 Å². The van der Waals surface area contributed by atoms with Gasteiger partial charge in [0.15, 0.2) is 0 Å². The lowest BCUT2D eigenvalue weighted by molar-refractivity contribution is -0.126. The summed E-state index contributed by atoms with van der Waals surface area (Å²) in [6.45, 7) is 6.82. The van der Waals surface area contributed by atoms with Crippen LogP contribution in [0.2, 0.25) is 0 Å². The maximum Gasteiger partial charge on any atom is 0.340 e. The van der Waals surface area contributed by atoms with Gasteiger partial charge in [0.05, 0.1) is 25.2 Å². The van der Waals surface area contributed by atoms with E-state index in [0.717, 1.165) is 24.2 Å². The van der Waals surface area contributed by atoms with Crippen LogP contribution in [0.5, 0.6) is 5.75 Å². The quantitative estimate of drug-likeness (QED) is 0.644. The van der Waals surface area contributed by atoms with Gasteiger partial charge in [0.25, 0.3) is 5.91 Å². The molecular formula is C24H31N3O5. The number of hydrogen-bond acceptors (Lipinski definition) is 5. The minimum Gasteiger partial charge on any atom is -0.497 e. The molecule has 2 N–H and O–H groups in total. The first-order valence-corrected chi connectivity index (χ1v) is 10.9. The number of aromatic nitrogens is 1. The molecule has 2 aromatic rings. The van der Waals surface area contributed by atoms with Crippen molar-refractivity contribution in [1.29, 1.82) is 0 Å². The molecule has 3 rings (SSSR count). The van der Waals surface area contributed by atoms with Crippen LogP contribution >= 0.6 is 0 Å². The average Bonchev–Trinajstić information content (AvgIpc) is 3.11. The Morgan fingerprint density at radius 3 is 2.75 bits per heavy atom. The number of nitrogens with zero attached hydrogens (tertiary/aromatic N) is 1. The zero-order chi connectivity index (χ0) is 23.3. The highest BCUT2D eigenvalue weighted by atomic mass is 16.5. The SMILES string of the molecule is CCOC(=O)c1c(C)[nH]c(C(=O)N2CCC[C@@H](C(=O)NCc3cccc(OC)c3)C2)c1C. The highest BCUT2D eigenvalue weighted by Crippen LogP contribution is 2.24. The standard InChI is InChI=1S/C24H31N3O5/c1-5-32-24(30)20-15(2)21(26-16(20)3)23(29)27-11-7-9-18(14-27)22(28)25-13-17-8-6-10-19(12-17)31-4/h6,8,10,12,18,26H,5,7,9,11,13-14H2,1-4H3,(H,25,28)/t18-/m1/s1. The third-order valence-corrected chi connectivity index (χ3v) is 5.81. The average molecular weight is 442 g/mol. The topological polar surface area (TPSA) is 101 Å². The minimum absolute atomic E-state index is 0.0723. The van der Waals surface area contributed by atoms with E-state index in [1.54, 1.807) is 32.8 Å². The number of methoxy groups -OCH3 is 1. The molecule has 0 spiro atoms. The van der Waals surface area contributed by atoms with Gasteiger partial charge in [-0.25, -0.2) is 4.79 Å². The predicted molar refractivity (Wildman–Crippen MR) is 120 cm³/mol. The molecule has 1 aromatic heterocycles. The fourth-order valence-corrected chi connectivity index (χ4v) is 4.12. The molecule has 8 heteroatoms. The molecular weight excluding hydrogens is 410 g/mol. The van der Waals surface area contributed by atoms with Crippen molar-refractivity contribution in [2.24, 2.45) is 5.92 Å². The lowest BCUT2D eigenvalue weighted by Crippen LogP contribution is -2.45. The number of piperidine rings is 1. The lowest BCUT2D eigenvalue weighted by Gasteiger charge is -2.32. The number of ether oxygens (including phenoxy) is 2. The lowest BCUT2D eigenvalue weighted by atomic mass is 9.96.